The molecule has 0 saturated carbocycles. The number of anilines is 1. The SMILES string of the molecule is COC1=CC=C(OP(=S)(OC[C@@]2(C(F)F)O[C@@H](n3cc(F)c(N)nc3=O)[C@@H](F)[C@@H]2O)Oc2ccc(O)cc2)CC1. The molecule has 1 unspecified atom stereocenters. The molecule has 4 rings (SSSR count). The van der Waals surface area contributed by atoms with Crippen molar-refractivity contribution in [3.63, 3.8) is 0 Å². The molecule has 2 heterocycles. The second-order valence-corrected chi connectivity index (χ2v) is 11.5. The molecule has 11 nitrogen and oxygen atoms in total. The highest BCUT2D eigenvalue weighted by Gasteiger charge is 2.62. The molecule has 1 aliphatic carbocycles. The Morgan fingerprint density at radius 1 is 1.25 bits per heavy atom. The number of halogens is 4. The number of methoxy groups -OCH3 is 1. The second kappa shape index (κ2) is 11.7. The third-order valence-electron chi connectivity index (χ3n) is 6.06. The lowest BCUT2D eigenvalue weighted by molar-refractivity contribution is -0.192. The molecule has 1 aromatic heterocycles. The summed E-state index contributed by atoms with van der Waals surface area (Å²) in [7, 11) is 1.48. The maximum absolute atomic E-state index is 15.1. The van der Waals surface area contributed by atoms with Gasteiger partial charge < -0.3 is 34.5 Å². The summed E-state index contributed by atoms with van der Waals surface area (Å²) < 4.78 is 85.6. The molecule has 0 bridgehead atoms. The number of aromatic hydroxyl groups is 1. The molecule has 1 saturated heterocycles. The Bertz CT molecular complexity index is 1410. The lowest BCUT2D eigenvalue weighted by Gasteiger charge is -2.33. The van der Waals surface area contributed by atoms with Gasteiger partial charge in [0.2, 0.25) is 0 Å². The van der Waals surface area contributed by atoms with Gasteiger partial charge in [-0.15, -0.1) is 0 Å². The molecule has 0 radical (unpaired) electrons. The maximum atomic E-state index is 15.1. The van der Waals surface area contributed by atoms with Gasteiger partial charge in [0.1, 0.15) is 23.4 Å². The molecule has 0 spiro atoms. The predicted molar refractivity (Wildman–Crippen MR) is 135 cm³/mol. The number of nitrogens with zero attached hydrogens (tertiary/aromatic N) is 2. The Kier molecular flexibility index (Phi) is 8.75. The van der Waals surface area contributed by atoms with Crippen LogP contribution in [-0.4, -0.2) is 57.8 Å². The second-order valence-electron chi connectivity index (χ2n) is 8.68. The lowest BCUT2D eigenvalue weighted by atomic mass is 9.97. The number of aliphatic hydroxyl groups excluding tert-OH is 1. The quantitative estimate of drug-likeness (QED) is 0.269. The van der Waals surface area contributed by atoms with Gasteiger partial charge in [-0.05, 0) is 36.4 Å². The number of nitrogens with two attached hydrogens (primary N) is 1. The molecule has 1 aliphatic heterocycles. The topological polar surface area (TPSA) is 148 Å². The minimum Gasteiger partial charge on any atom is -0.508 e. The summed E-state index contributed by atoms with van der Waals surface area (Å²) in [5.74, 6) is -1.19. The molecular weight excluding hydrogens is 585 g/mol. The maximum Gasteiger partial charge on any atom is 0.434 e. The summed E-state index contributed by atoms with van der Waals surface area (Å²) in [6.45, 7) is -5.30. The number of allylic oxidation sites excluding steroid dienone is 4. The van der Waals surface area contributed by atoms with Crippen LogP contribution in [0.25, 0.3) is 0 Å². The van der Waals surface area contributed by atoms with Crippen molar-refractivity contribution in [2.75, 3.05) is 19.5 Å². The van der Waals surface area contributed by atoms with Crippen molar-refractivity contribution in [2.24, 2.45) is 0 Å². The molecule has 40 heavy (non-hydrogen) atoms. The molecule has 5 atom stereocenters. The van der Waals surface area contributed by atoms with Gasteiger partial charge in [0.15, 0.2) is 29.6 Å². The Hall–Kier alpha value is -3.17. The van der Waals surface area contributed by atoms with E-state index in [9.17, 15) is 28.2 Å². The molecule has 218 valence electrons. The number of phenolic OH excluding ortho intramolecular Hbond substituents is 1. The van der Waals surface area contributed by atoms with Crippen LogP contribution in [0.5, 0.6) is 11.5 Å². The van der Waals surface area contributed by atoms with Crippen molar-refractivity contribution in [1.29, 1.82) is 0 Å². The minimum absolute atomic E-state index is 0.0425. The van der Waals surface area contributed by atoms with Crippen LogP contribution in [-0.2, 0) is 30.3 Å². The summed E-state index contributed by atoms with van der Waals surface area (Å²) in [6, 6.07) is 5.16. The van der Waals surface area contributed by atoms with Gasteiger partial charge in [0, 0.05) is 24.6 Å². The smallest absolute Gasteiger partial charge is 0.434 e. The van der Waals surface area contributed by atoms with Gasteiger partial charge in [0.05, 0.1) is 25.7 Å². The predicted octanol–water partition coefficient (Wildman–Crippen LogP) is 3.45. The summed E-state index contributed by atoms with van der Waals surface area (Å²) in [5.41, 5.74) is 0.833. The van der Waals surface area contributed by atoms with Gasteiger partial charge in [-0.25, -0.2) is 22.4 Å². The zero-order valence-corrected chi connectivity index (χ0v) is 22.4. The summed E-state index contributed by atoms with van der Waals surface area (Å²) >= 11 is 5.45. The van der Waals surface area contributed by atoms with Crippen molar-refractivity contribution in [2.45, 2.75) is 43.4 Å². The number of phenols is 1. The van der Waals surface area contributed by atoms with Crippen LogP contribution >= 0.6 is 6.72 Å². The van der Waals surface area contributed by atoms with Crippen LogP contribution in [0.4, 0.5) is 23.4 Å². The largest absolute Gasteiger partial charge is 0.508 e. The normalized spacial score (nSPS) is 26.1. The van der Waals surface area contributed by atoms with Gasteiger partial charge in [-0.1, -0.05) is 0 Å². The van der Waals surface area contributed by atoms with E-state index < -0.39 is 61.2 Å². The molecule has 17 heteroatoms. The number of benzene rings is 1. The highest BCUT2D eigenvalue weighted by atomic mass is 32.5. The summed E-state index contributed by atoms with van der Waals surface area (Å²) in [6.07, 6.45) is -6.77. The third kappa shape index (κ3) is 6.10. The summed E-state index contributed by atoms with van der Waals surface area (Å²) in [5, 5.41) is 20.1. The van der Waals surface area contributed by atoms with E-state index in [1.807, 2.05) is 0 Å². The fourth-order valence-electron chi connectivity index (χ4n) is 3.87. The van der Waals surface area contributed by atoms with E-state index >= 15 is 4.39 Å². The molecule has 1 aromatic carbocycles. The van der Waals surface area contributed by atoms with Gasteiger partial charge >= 0.3 is 12.4 Å². The van der Waals surface area contributed by atoms with E-state index in [4.69, 9.17) is 40.6 Å². The van der Waals surface area contributed by atoms with E-state index in [0.717, 1.165) is 0 Å². The van der Waals surface area contributed by atoms with Crippen LogP contribution in [0, 0.1) is 5.82 Å². The first-order chi connectivity index (χ1) is 18.9. The Morgan fingerprint density at radius 2 is 1.90 bits per heavy atom. The lowest BCUT2D eigenvalue weighted by Crippen LogP contribution is -2.52. The van der Waals surface area contributed by atoms with Crippen LogP contribution in [0.2, 0.25) is 0 Å². The van der Waals surface area contributed by atoms with E-state index in [-0.39, 0.29) is 28.2 Å². The zero-order chi connectivity index (χ0) is 29.2. The third-order valence-corrected chi connectivity index (χ3v) is 8.16. The number of aromatic nitrogens is 2. The van der Waals surface area contributed by atoms with Crippen molar-refractivity contribution in [3.8, 4) is 11.5 Å². The van der Waals surface area contributed by atoms with E-state index in [0.29, 0.717) is 18.4 Å². The number of ether oxygens (including phenoxy) is 2. The van der Waals surface area contributed by atoms with Crippen LogP contribution in [0.1, 0.15) is 19.1 Å². The highest BCUT2D eigenvalue weighted by molar-refractivity contribution is 8.07. The van der Waals surface area contributed by atoms with Crippen LogP contribution in [0.15, 0.2) is 58.9 Å². The Labute approximate surface area is 229 Å². The average Bonchev–Trinajstić information content (AvgIpc) is 3.17. The van der Waals surface area contributed by atoms with E-state index in [1.54, 1.807) is 6.08 Å². The monoisotopic (exact) mass is 609 g/mol. The number of alkyl halides is 3. The van der Waals surface area contributed by atoms with Gasteiger partial charge in [-0.3, -0.25) is 9.09 Å². The summed E-state index contributed by atoms with van der Waals surface area (Å²) in [4.78, 5) is 15.4. The number of hydrogen-bond acceptors (Lipinski definition) is 11. The first kappa shape index (κ1) is 29.8. The molecule has 0 amide bonds. The van der Waals surface area contributed by atoms with Crippen molar-refractivity contribution in [3.05, 3.63) is 70.4 Å². The van der Waals surface area contributed by atoms with Crippen molar-refractivity contribution >= 4 is 24.3 Å². The Balaban J connectivity index is 1.64. The molecule has 2 aromatic rings. The fourth-order valence-corrected chi connectivity index (χ4v) is 5.90. The highest BCUT2D eigenvalue weighted by Crippen LogP contribution is 2.55. The average molecular weight is 609 g/mol. The van der Waals surface area contributed by atoms with Crippen LogP contribution < -0.4 is 15.9 Å². The van der Waals surface area contributed by atoms with E-state index in [2.05, 4.69) is 4.98 Å². The number of aliphatic hydroxyl groups is 1. The Morgan fingerprint density at radius 3 is 2.50 bits per heavy atom. The van der Waals surface area contributed by atoms with Crippen molar-refractivity contribution in [1.82, 2.24) is 9.55 Å². The van der Waals surface area contributed by atoms with Crippen LogP contribution in [0.3, 0.4) is 0 Å². The number of hydrogen-bond donors (Lipinski definition) is 3. The molecule has 1 fully saturated rings. The molecule has 2 aliphatic rings. The zero-order valence-electron chi connectivity index (χ0n) is 20.7. The first-order valence-electron chi connectivity index (χ1n) is 11.6. The van der Waals surface area contributed by atoms with Crippen molar-refractivity contribution < 1.29 is 50.8 Å². The number of rotatable bonds is 10. The minimum atomic E-state index is -4.04. The fraction of sp³-hybridized carbons (Fsp3) is 0.391. The number of nitrogen functional groups attached to an aromatic ring is 1. The van der Waals surface area contributed by atoms with E-state index in [1.165, 1.54) is 37.5 Å². The van der Waals surface area contributed by atoms with Gasteiger partial charge in [-0.2, -0.15) is 4.98 Å². The first-order valence-corrected chi connectivity index (χ1v) is 14.1. The van der Waals surface area contributed by atoms with Gasteiger partial charge in [0.25, 0.3) is 6.43 Å². The molecular formula is C23H24F4N3O8PS. The molecule has 4 N–H and O–H groups in total. The standard InChI is InChI=1S/C23H24F4N3O8PS/c1-34-13-6-8-15(9-7-13)38-39(40,37-14-4-2-12(31)3-5-14)35-11-23(21(26)27)18(32)17(25)20(36-23)30-10-16(24)19(28)29-22(30)33/h2-6,8,10,17-18,20-21,31-32H,7,9,11H2,1H3,(H2,28,29,33)/t17-,18-,20+,23+,39?/m0/s1.